The van der Waals surface area contributed by atoms with Crippen molar-refractivity contribution in [1.82, 2.24) is 20.2 Å². The van der Waals surface area contributed by atoms with E-state index in [0.29, 0.717) is 15.7 Å². The Bertz CT molecular complexity index is 743. The van der Waals surface area contributed by atoms with Crippen LogP contribution in [0.5, 0.6) is 0 Å². The summed E-state index contributed by atoms with van der Waals surface area (Å²) in [6.07, 6.45) is 1.46. The van der Waals surface area contributed by atoms with Crippen molar-refractivity contribution in [3.63, 3.8) is 0 Å². The number of aromatic nitrogens is 4. The van der Waals surface area contributed by atoms with Crippen LogP contribution in [0.3, 0.4) is 0 Å². The van der Waals surface area contributed by atoms with Crippen molar-refractivity contribution in [3.8, 4) is 5.69 Å². The third-order valence-corrected chi connectivity index (χ3v) is 4.37. The number of hydrogen-bond donors (Lipinski definition) is 1. The van der Waals surface area contributed by atoms with E-state index in [1.165, 1.54) is 28.4 Å². The number of thiophene rings is 1. The van der Waals surface area contributed by atoms with Crippen LogP contribution in [0.1, 0.15) is 17.8 Å². The minimum absolute atomic E-state index is 0.0545. The molecule has 0 aliphatic heterocycles. The zero-order valence-corrected chi connectivity index (χ0v) is 12.6. The molecule has 0 saturated heterocycles. The van der Waals surface area contributed by atoms with E-state index in [1.54, 1.807) is 12.1 Å². The molecule has 3 rings (SSSR count). The molecular formula is C13H11ClFN5S. The van der Waals surface area contributed by atoms with Crippen LogP contribution in [0, 0.1) is 5.82 Å². The number of tetrazole rings is 1. The van der Waals surface area contributed by atoms with Crippen LogP contribution in [0.15, 0.2) is 36.7 Å². The van der Waals surface area contributed by atoms with Gasteiger partial charge in [-0.2, -0.15) is 0 Å². The summed E-state index contributed by atoms with van der Waals surface area (Å²) in [6, 6.07) is 8.36. The lowest BCUT2D eigenvalue weighted by Gasteiger charge is -2.15. The molecular weight excluding hydrogens is 313 g/mol. The zero-order valence-electron chi connectivity index (χ0n) is 11.0. The van der Waals surface area contributed by atoms with E-state index in [4.69, 9.17) is 11.6 Å². The number of benzene rings is 1. The van der Waals surface area contributed by atoms with Crippen LogP contribution >= 0.6 is 22.9 Å². The summed E-state index contributed by atoms with van der Waals surface area (Å²) in [6.45, 7) is 1.95. The summed E-state index contributed by atoms with van der Waals surface area (Å²) >= 11 is 7.39. The monoisotopic (exact) mass is 323 g/mol. The second kappa shape index (κ2) is 5.79. The van der Waals surface area contributed by atoms with Crippen LogP contribution < -0.4 is 5.32 Å². The van der Waals surface area contributed by atoms with E-state index in [2.05, 4.69) is 20.8 Å². The molecule has 8 heteroatoms. The summed E-state index contributed by atoms with van der Waals surface area (Å²) in [5.74, 6) is -0.332. The van der Waals surface area contributed by atoms with Gasteiger partial charge in [-0.1, -0.05) is 11.6 Å². The molecule has 3 aromatic rings. The maximum absolute atomic E-state index is 13.9. The van der Waals surface area contributed by atoms with Crippen LogP contribution in [0.2, 0.25) is 4.34 Å². The molecule has 0 aliphatic rings. The predicted molar refractivity (Wildman–Crippen MR) is 80.5 cm³/mol. The molecule has 0 amide bonds. The van der Waals surface area contributed by atoms with Crippen molar-refractivity contribution in [2.75, 3.05) is 5.32 Å². The molecule has 0 saturated carbocycles. The molecule has 0 radical (unpaired) electrons. The smallest absolute Gasteiger partial charge is 0.146 e. The quantitative estimate of drug-likeness (QED) is 0.795. The Kier molecular flexibility index (Phi) is 3.85. The van der Waals surface area contributed by atoms with Gasteiger partial charge in [0.05, 0.1) is 21.8 Å². The Labute approximate surface area is 129 Å². The maximum atomic E-state index is 13.9. The summed E-state index contributed by atoms with van der Waals surface area (Å²) in [5, 5.41) is 14.1. The highest BCUT2D eigenvalue weighted by atomic mass is 35.5. The SMILES string of the molecule is CC(Nc1cc(-n2cnnn2)ccc1F)c1ccc(Cl)s1. The number of hydrogen-bond acceptors (Lipinski definition) is 5. The zero-order chi connectivity index (χ0) is 14.8. The minimum Gasteiger partial charge on any atom is -0.375 e. The summed E-state index contributed by atoms with van der Waals surface area (Å²) in [5.41, 5.74) is 1.07. The second-order valence-electron chi connectivity index (χ2n) is 4.43. The number of nitrogens with zero attached hydrogens (tertiary/aromatic N) is 4. The highest BCUT2D eigenvalue weighted by molar-refractivity contribution is 7.16. The third-order valence-electron chi connectivity index (χ3n) is 2.96. The van der Waals surface area contributed by atoms with E-state index in [1.807, 2.05) is 19.1 Å². The van der Waals surface area contributed by atoms with E-state index in [9.17, 15) is 4.39 Å². The van der Waals surface area contributed by atoms with Gasteiger partial charge in [0.2, 0.25) is 0 Å². The number of anilines is 1. The number of nitrogens with one attached hydrogen (secondary N) is 1. The highest BCUT2D eigenvalue weighted by Crippen LogP contribution is 2.30. The van der Waals surface area contributed by atoms with Gasteiger partial charge in [-0.15, -0.1) is 16.4 Å². The minimum atomic E-state index is -0.332. The van der Waals surface area contributed by atoms with Gasteiger partial charge in [0.25, 0.3) is 0 Å². The topological polar surface area (TPSA) is 55.6 Å². The van der Waals surface area contributed by atoms with Gasteiger partial charge in [-0.25, -0.2) is 9.07 Å². The average molecular weight is 324 g/mol. The Morgan fingerprint density at radius 3 is 2.86 bits per heavy atom. The van der Waals surface area contributed by atoms with Gasteiger partial charge in [0.15, 0.2) is 0 Å². The number of halogens is 2. The molecule has 1 unspecified atom stereocenters. The Balaban J connectivity index is 1.86. The van der Waals surface area contributed by atoms with Crippen LogP contribution in [0.25, 0.3) is 5.69 Å². The Hall–Kier alpha value is -1.99. The van der Waals surface area contributed by atoms with Gasteiger partial charge in [0.1, 0.15) is 12.1 Å². The largest absolute Gasteiger partial charge is 0.375 e. The van der Waals surface area contributed by atoms with E-state index < -0.39 is 0 Å². The Morgan fingerprint density at radius 2 is 2.19 bits per heavy atom. The lowest BCUT2D eigenvalue weighted by Crippen LogP contribution is -2.07. The molecule has 1 aromatic carbocycles. The Morgan fingerprint density at radius 1 is 1.33 bits per heavy atom. The van der Waals surface area contributed by atoms with Crippen LogP contribution in [-0.2, 0) is 0 Å². The molecule has 1 N–H and O–H groups in total. The maximum Gasteiger partial charge on any atom is 0.146 e. The molecule has 108 valence electrons. The first-order chi connectivity index (χ1) is 10.1. The van der Waals surface area contributed by atoms with Crippen molar-refractivity contribution in [1.29, 1.82) is 0 Å². The summed E-state index contributed by atoms with van der Waals surface area (Å²) < 4.78 is 16.1. The summed E-state index contributed by atoms with van der Waals surface area (Å²) in [4.78, 5) is 1.03. The molecule has 21 heavy (non-hydrogen) atoms. The van der Waals surface area contributed by atoms with Gasteiger partial charge < -0.3 is 5.32 Å². The molecule has 0 spiro atoms. The van der Waals surface area contributed by atoms with Gasteiger partial charge >= 0.3 is 0 Å². The second-order valence-corrected chi connectivity index (χ2v) is 6.17. The number of rotatable bonds is 4. The van der Waals surface area contributed by atoms with Crippen molar-refractivity contribution < 1.29 is 4.39 Å². The van der Waals surface area contributed by atoms with Crippen molar-refractivity contribution >= 4 is 28.6 Å². The van der Waals surface area contributed by atoms with E-state index >= 15 is 0 Å². The molecule has 0 fully saturated rings. The van der Waals surface area contributed by atoms with E-state index in [-0.39, 0.29) is 11.9 Å². The third kappa shape index (κ3) is 3.03. The normalized spacial score (nSPS) is 12.3. The van der Waals surface area contributed by atoms with Gasteiger partial charge in [-0.05, 0) is 47.7 Å². The first-order valence-electron chi connectivity index (χ1n) is 6.18. The van der Waals surface area contributed by atoms with Crippen molar-refractivity contribution in [3.05, 3.63) is 51.7 Å². The fraction of sp³-hybridized carbons (Fsp3) is 0.154. The predicted octanol–water partition coefficient (Wildman–Crippen LogP) is 3.69. The molecule has 2 aromatic heterocycles. The first-order valence-corrected chi connectivity index (χ1v) is 7.37. The molecule has 5 nitrogen and oxygen atoms in total. The highest BCUT2D eigenvalue weighted by Gasteiger charge is 2.12. The molecule has 1 atom stereocenters. The van der Waals surface area contributed by atoms with Crippen molar-refractivity contribution in [2.24, 2.45) is 0 Å². The first kappa shape index (κ1) is 14.0. The van der Waals surface area contributed by atoms with E-state index in [0.717, 1.165) is 4.88 Å². The fourth-order valence-electron chi connectivity index (χ4n) is 1.91. The van der Waals surface area contributed by atoms with Crippen LogP contribution in [-0.4, -0.2) is 20.2 Å². The fourth-order valence-corrected chi connectivity index (χ4v) is 2.97. The molecule has 0 bridgehead atoms. The lowest BCUT2D eigenvalue weighted by molar-refractivity contribution is 0.626. The molecule has 0 aliphatic carbocycles. The standard InChI is InChI=1S/C13H11ClFN5S/c1-8(12-4-5-13(14)21-12)17-11-6-9(2-3-10(11)15)20-7-16-18-19-20/h2-8,17H,1H3. The van der Waals surface area contributed by atoms with Crippen molar-refractivity contribution in [2.45, 2.75) is 13.0 Å². The van der Waals surface area contributed by atoms with Gasteiger partial charge in [-0.3, -0.25) is 0 Å². The molecule has 2 heterocycles. The summed E-state index contributed by atoms with van der Waals surface area (Å²) in [7, 11) is 0. The van der Waals surface area contributed by atoms with Crippen LogP contribution in [0.4, 0.5) is 10.1 Å². The van der Waals surface area contributed by atoms with Gasteiger partial charge in [0, 0.05) is 4.88 Å². The average Bonchev–Trinajstić information content (AvgIpc) is 3.12. The lowest BCUT2D eigenvalue weighted by atomic mass is 10.2.